The Balaban J connectivity index is 3.00. The van der Waals surface area contributed by atoms with E-state index in [4.69, 9.17) is 5.73 Å². The van der Waals surface area contributed by atoms with E-state index in [1.54, 1.807) is 24.3 Å². The van der Waals surface area contributed by atoms with Crippen LogP contribution in [0.1, 0.15) is 12.0 Å². The Bertz CT molecular complexity index is 720. The van der Waals surface area contributed by atoms with E-state index >= 15 is 0 Å². The Morgan fingerprint density at radius 2 is 1.63 bits per heavy atom. The molecule has 0 saturated carbocycles. The predicted molar refractivity (Wildman–Crippen MR) is 119 cm³/mol. The number of benzene rings is 1. The molecule has 1 rings (SSSR count). The maximum atomic E-state index is 12.8. The molecule has 1 aromatic rings. The Labute approximate surface area is 185 Å². The first kappa shape index (κ1) is 25.8. The average Bonchev–Trinajstić information content (AvgIpc) is 2.74. The molecule has 9 nitrogen and oxygen atoms in total. The summed E-state index contributed by atoms with van der Waals surface area (Å²) < 4.78 is 0. The molecule has 3 unspecified atom stereocenters. The maximum Gasteiger partial charge on any atom is 0.327 e. The van der Waals surface area contributed by atoms with E-state index in [0.29, 0.717) is 12.2 Å². The highest BCUT2D eigenvalue weighted by molar-refractivity contribution is 7.98. The fourth-order valence-corrected chi connectivity index (χ4v) is 3.27. The molecule has 3 atom stereocenters. The molecule has 0 aliphatic carbocycles. The molecule has 0 spiro atoms. The lowest BCUT2D eigenvalue weighted by molar-refractivity contribution is -0.141. The number of carbonyl (C=O) groups excluding carboxylic acids is 3. The highest BCUT2D eigenvalue weighted by Crippen LogP contribution is 2.07. The van der Waals surface area contributed by atoms with Crippen LogP contribution in [0, 0.1) is 0 Å². The molecule has 0 saturated heterocycles. The number of rotatable bonds is 13. The first-order valence-electron chi connectivity index (χ1n) is 9.29. The monoisotopic (exact) mass is 456 g/mol. The summed E-state index contributed by atoms with van der Waals surface area (Å²) in [5.41, 5.74) is 6.10. The molecular weight excluding hydrogens is 428 g/mol. The second kappa shape index (κ2) is 13.9. The molecular formula is C19H28N4O5S2. The van der Waals surface area contributed by atoms with Gasteiger partial charge >= 0.3 is 5.97 Å². The number of thioether (sulfide) groups is 1. The van der Waals surface area contributed by atoms with E-state index in [1.807, 2.05) is 12.3 Å². The highest BCUT2D eigenvalue weighted by atomic mass is 32.2. The number of hydrogen-bond acceptors (Lipinski definition) is 7. The number of hydrogen-bond donors (Lipinski definition) is 6. The van der Waals surface area contributed by atoms with Crippen molar-refractivity contribution in [1.29, 1.82) is 0 Å². The van der Waals surface area contributed by atoms with Crippen LogP contribution in [0.2, 0.25) is 0 Å². The van der Waals surface area contributed by atoms with Gasteiger partial charge in [0.1, 0.15) is 18.1 Å². The van der Waals surface area contributed by atoms with Crippen molar-refractivity contribution in [2.75, 3.05) is 24.3 Å². The lowest BCUT2D eigenvalue weighted by Crippen LogP contribution is -2.57. The Kier molecular flexibility index (Phi) is 11.9. The zero-order valence-electron chi connectivity index (χ0n) is 16.7. The predicted octanol–water partition coefficient (Wildman–Crippen LogP) is -0.590. The topological polar surface area (TPSA) is 151 Å². The fraction of sp³-hybridized carbons (Fsp3) is 0.474. The van der Waals surface area contributed by atoms with Crippen LogP contribution in [0.15, 0.2) is 30.3 Å². The van der Waals surface area contributed by atoms with Gasteiger partial charge in [-0.3, -0.25) is 14.4 Å². The van der Waals surface area contributed by atoms with Crippen molar-refractivity contribution >= 4 is 48.1 Å². The summed E-state index contributed by atoms with van der Waals surface area (Å²) in [6.45, 7) is -0.265. The SMILES string of the molecule is CSCCC(NC(=O)CN)C(=O)NC(Cc1ccccc1)C(=O)NC(CS)C(=O)O. The van der Waals surface area contributed by atoms with E-state index in [9.17, 15) is 24.3 Å². The van der Waals surface area contributed by atoms with Crippen molar-refractivity contribution in [2.24, 2.45) is 5.73 Å². The molecule has 0 aliphatic rings. The quantitative estimate of drug-likeness (QED) is 0.217. The summed E-state index contributed by atoms with van der Waals surface area (Å²) in [6.07, 6.45) is 2.37. The molecule has 30 heavy (non-hydrogen) atoms. The summed E-state index contributed by atoms with van der Waals surface area (Å²) in [6, 6.07) is 5.90. The number of carboxylic acids is 1. The third-order valence-electron chi connectivity index (χ3n) is 4.16. The number of nitrogens with one attached hydrogen (secondary N) is 3. The van der Waals surface area contributed by atoms with E-state index in [0.717, 1.165) is 5.56 Å². The summed E-state index contributed by atoms with van der Waals surface area (Å²) in [5, 5.41) is 16.8. The van der Waals surface area contributed by atoms with Gasteiger partial charge in [-0.25, -0.2) is 4.79 Å². The van der Waals surface area contributed by atoms with Crippen molar-refractivity contribution in [3.63, 3.8) is 0 Å². The van der Waals surface area contributed by atoms with E-state index in [-0.39, 0.29) is 18.7 Å². The smallest absolute Gasteiger partial charge is 0.327 e. The number of amides is 3. The molecule has 0 fully saturated rings. The molecule has 0 aromatic heterocycles. The molecule has 0 bridgehead atoms. The van der Waals surface area contributed by atoms with Gasteiger partial charge in [-0.1, -0.05) is 30.3 Å². The zero-order chi connectivity index (χ0) is 22.5. The van der Waals surface area contributed by atoms with E-state index in [1.165, 1.54) is 11.8 Å². The van der Waals surface area contributed by atoms with Gasteiger partial charge in [-0.05, 0) is 24.0 Å². The van der Waals surface area contributed by atoms with Gasteiger partial charge in [0.15, 0.2) is 0 Å². The van der Waals surface area contributed by atoms with E-state index < -0.39 is 41.8 Å². The normalized spacial score (nSPS) is 13.6. The van der Waals surface area contributed by atoms with E-state index in [2.05, 4.69) is 28.6 Å². The van der Waals surface area contributed by atoms with Crippen molar-refractivity contribution in [1.82, 2.24) is 16.0 Å². The first-order valence-corrected chi connectivity index (χ1v) is 11.3. The largest absolute Gasteiger partial charge is 0.480 e. The Morgan fingerprint density at radius 1 is 1.03 bits per heavy atom. The van der Waals surface area contributed by atoms with Crippen molar-refractivity contribution in [2.45, 2.75) is 31.0 Å². The Hall–Kier alpha value is -2.24. The summed E-state index contributed by atoms with van der Waals surface area (Å²) in [4.78, 5) is 48.5. The van der Waals surface area contributed by atoms with Crippen LogP contribution in [0.4, 0.5) is 0 Å². The Morgan fingerprint density at radius 3 is 2.17 bits per heavy atom. The van der Waals surface area contributed by atoms with Crippen LogP contribution in [0.3, 0.4) is 0 Å². The van der Waals surface area contributed by atoms with Gasteiger partial charge < -0.3 is 26.8 Å². The maximum absolute atomic E-state index is 12.8. The van der Waals surface area contributed by atoms with Crippen molar-refractivity contribution < 1.29 is 24.3 Å². The summed E-state index contributed by atoms with van der Waals surface area (Å²) in [5.74, 6) is -2.39. The van der Waals surface area contributed by atoms with Gasteiger partial charge in [0, 0.05) is 12.2 Å². The van der Waals surface area contributed by atoms with Crippen LogP contribution in [0.25, 0.3) is 0 Å². The number of thiol groups is 1. The third kappa shape index (κ3) is 9.06. The van der Waals surface area contributed by atoms with Crippen LogP contribution in [-0.4, -0.2) is 71.2 Å². The van der Waals surface area contributed by atoms with Crippen molar-refractivity contribution in [3.8, 4) is 0 Å². The summed E-state index contributed by atoms with van der Waals surface area (Å²) in [7, 11) is 0. The molecule has 11 heteroatoms. The number of nitrogens with two attached hydrogens (primary N) is 1. The number of carboxylic acid groups (broad SMARTS) is 1. The molecule has 1 aromatic carbocycles. The first-order chi connectivity index (χ1) is 14.3. The second-order valence-electron chi connectivity index (χ2n) is 6.44. The van der Waals surface area contributed by atoms with Crippen LogP contribution < -0.4 is 21.7 Å². The molecule has 166 valence electrons. The second-order valence-corrected chi connectivity index (χ2v) is 7.79. The van der Waals surface area contributed by atoms with Gasteiger partial charge in [-0.15, -0.1) is 0 Å². The lowest BCUT2D eigenvalue weighted by Gasteiger charge is -2.24. The third-order valence-corrected chi connectivity index (χ3v) is 5.17. The summed E-state index contributed by atoms with van der Waals surface area (Å²) >= 11 is 5.45. The minimum Gasteiger partial charge on any atom is -0.480 e. The molecule has 0 heterocycles. The molecule has 0 radical (unpaired) electrons. The molecule has 3 amide bonds. The van der Waals surface area contributed by atoms with Crippen LogP contribution >= 0.6 is 24.4 Å². The minimum atomic E-state index is -1.23. The molecule has 6 N–H and O–H groups in total. The zero-order valence-corrected chi connectivity index (χ0v) is 18.4. The van der Waals surface area contributed by atoms with Gasteiger partial charge in [-0.2, -0.15) is 24.4 Å². The van der Waals surface area contributed by atoms with Crippen molar-refractivity contribution in [3.05, 3.63) is 35.9 Å². The van der Waals surface area contributed by atoms with Gasteiger partial charge in [0.2, 0.25) is 17.7 Å². The number of carbonyl (C=O) groups is 4. The van der Waals surface area contributed by atoms with Crippen LogP contribution in [0.5, 0.6) is 0 Å². The number of aliphatic carboxylic acids is 1. The standard InChI is InChI=1S/C19H28N4O5S2/c1-30-8-7-13(21-16(24)10-20)17(25)22-14(9-12-5-3-2-4-6-12)18(26)23-15(11-29)19(27)28/h2-6,13-15,29H,7-11,20H2,1H3,(H,21,24)(H,22,25)(H,23,26)(H,27,28). The van der Waals surface area contributed by atoms with Gasteiger partial charge in [0.05, 0.1) is 6.54 Å². The van der Waals surface area contributed by atoms with Crippen LogP contribution in [-0.2, 0) is 25.6 Å². The lowest BCUT2D eigenvalue weighted by atomic mass is 10.0. The average molecular weight is 457 g/mol. The van der Waals surface area contributed by atoms with Gasteiger partial charge in [0.25, 0.3) is 0 Å². The molecule has 0 aliphatic heterocycles. The minimum absolute atomic E-state index is 0.101. The fourth-order valence-electron chi connectivity index (χ4n) is 2.55. The highest BCUT2D eigenvalue weighted by Gasteiger charge is 2.29.